The zero-order valence-corrected chi connectivity index (χ0v) is 10.9. The monoisotopic (exact) mass is 243 g/mol. The zero-order valence-electron chi connectivity index (χ0n) is 10.9. The molecule has 2 aliphatic rings. The van der Waals surface area contributed by atoms with E-state index in [2.05, 4.69) is 20.9 Å². The number of aromatic nitrogens is 1. The topological polar surface area (TPSA) is 28.5 Å². The van der Waals surface area contributed by atoms with Crippen molar-refractivity contribution in [3.63, 3.8) is 0 Å². The Labute approximate surface area is 109 Å². The van der Waals surface area contributed by atoms with Crippen LogP contribution < -0.4 is 4.90 Å². The summed E-state index contributed by atoms with van der Waals surface area (Å²) in [6.07, 6.45) is 9.54. The highest BCUT2D eigenvalue weighted by Crippen LogP contribution is 2.24. The lowest BCUT2D eigenvalue weighted by Gasteiger charge is -2.24. The molecule has 0 spiro atoms. The lowest BCUT2D eigenvalue weighted by Crippen LogP contribution is -2.26. The van der Waals surface area contributed by atoms with Gasteiger partial charge in [0.2, 0.25) is 0 Å². The van der Waals surface area contributed by atoms with Crippen LogP contribution in [0.25, 0.3) is 0 Å². The molecule has 2 aliphatic heterocycles. The maximum atomic E-state index is 4.63. The Morgan fingerprint density at radius 3 is 2.56 bits per heavy atom. The van der Waals surface area contributed by atoms with E-state index in [1.165, 1.54) is 49.2 Å². The van der Waals surface area contributed by atoms with E-state index in [-0.39, 0.29) is 0 Å². The number of pyridine rings is 1. The quantitative estimate of drug-likeness (QED) is 0.798. The summed E-state index contributed by atoms with van der Waals surface area (Å²) >= 11 is 0. The molecule has 0 radical (unpaired) electrons. The van der Waals surface area contributed by atoms with Gasteiger partial charge in [-0.1, -0.05) is 12.8 Å². The number of aliphatic imine (C=N–C) groups is 1. The largest absolute Gasteiger partial charge is 0.356 e. The molecule has 0 aliphatic carbocycles. The first-order valence-corrected chi connectivity index (χ1v) is 7.19. The Bertz CT molecular complexity index is 431. The molecular weight excluding hydrogens is 222 g/mol. The molecule has 0 aromatic carbocycles. The molecule has 0 bridgehead atoms. The van der Waals surface area contributed by atoms with Crippen molar-refractivity contribution in [1.29, 1.82) is 0 Å². The van der Waals surface area contributed by atoms with E-state index in [4.69, 9.17) is 0 Å². The normalized spacial score (nSPS) is 20.7. The fourth-order valence-electron chi connectivity index (χ4n) is 2.92. The fraction of sp³-hybridized carbons (Fsp3) is 0.600. The van der Waals surface area contributed by atoms with Gasteiger partial charge in [-0.2, -0.15) is 0 Å². The molecule has 0 saturated carbocycles. The minimum absolute atomic E-state index is 0.990. The first kappa shape index (κ1) is 11.7. The third kappa shape index (κ3) is 2.40. The maximum absolute atomic E-state index is 4.63. The predicted molar refractivity (Wildman–Crippen MR) is 75.6 cm³/mol. The minimum atomic E-state index is 0.990. The van der Waals surface area contributed by atoms with E-state index in [1.54, 1.807) is 0 Å². The Morgan fingerprint density at radius 2 is 1.83 bits per heavy atom. The molecule has 18 heavy (non-hydrogen) atoms. The second-order valence-electron chi connectivity index (χ2n) is 5.21. The van der Waals surface area contributed by atoms with Gasteiger partial charge in [-0.15, -0.1) is 0 Å². The molecule has 0 atom stereocenters. The molecule has 0 N–H and O–H groups in total. The van der Waals surface area contributed by atoms with Crippen LogP contribution in [0.4, 0.5) is 5.82 Å². The zero-order chi connectivity index (χ0) is 12.2. The van der Waals surface area contributed by atoms with Crippen LogP contribution in [-0.2, 0) is 0 Å². The number of hydrogen-bond donors (Lipinski definition) is 0. The van der Waals surface area contributed by atoms with Gasteiger partial charge in [0.1, 0.15) is 5.82 Å². The van der Waals surface area contributed by atoms with Crippen LogP contribution in [0.2, 0.25) is 0 Å². The van der Waals surface area contributed by atoms with Crippen molar-refractivity contribution in [2.75, 3.05) is 24.5 Å². The Morgan fingerprint density at radius 1 is 1.00 bits per heavy atom. The highest BCUT2D eigenvalue weighted by molar-refractivity contribution is 6.05. The van der Waals surface area contributed by atoms with Crippen molar-refractivity contribution < 1.29 is 0 Å². The molecule has 3 rings (SSSR count). The molecule has 1 fully saturated rings. The van der Waals surface area contributed by atoms with Crippen molar-refractivity contribution in [2.24, 2.45) is 4.99 Å². The molecule has 96 valence electrons. The third-order valence-corrected chi connectivity index (χ3v) is 3.88. The van der Waals surface area contributed by atoms with Crippen LogP contribution in [0.3, 0.4) is 0 Å². The third-order valence-electron chi connectivity index (χ3n) is 3.88. The van der Waals surface area contributed by atoms with Crippen molar-refractivity contribution in [3.8, 4) is 0 Å². The van der Waals surface area contributed by atoms with Gasteiger partial charge < -0.3 is 4.90 Å². The fourth-order valence-corrected chi connectivity index (χ4v) is 2.92. The standard InChI is InChI=1S/C15H21N3/c1-2-4-12-18(11-3-1)15-13(7-5-10-17-15)14-8-6-9-16-14/h5,7,10H,1-4,6,8-9,11-12H2. The van der Waals surface area contributed by atoms with Gasteiger partial charge in [-0.3, -0.25) is 4.99 Å². The second-order valence-corrected chi connectivity index (χ2v) is 5.21. The molecule has 3 heterocycles. The van der Waals surface area contributed by atoms with Crippen LogP contribution in [0.15, 0.2) is 23.3 Å². The first-order valence-electron chi connectivity index (χ1n) is 7.19. The number of rotatable bonds is 2. The summed E-state index contributed by atoms with van der Waals surface area (Å²) in [4.78, 5) is 11.7. The van der Waals surface area contributed by atoms with Crippen molar-refractivity contribution in [2.45, 2.75) is 38.5 Å². The summed E-state index contributed by atoms with van der Waals surface area (Å²) in [5.41, 5.74) is 2.54. The summed E-state index contributed by atoms with van der Waals surface area (Å²) in [6, 6.07) is 4.23. The number of hydrogen-bond acceptors (Lipinski definition) is 3. The van der Waals surface area contributed by atoms with Gasteiger partial charge in [0.05, 0.1) is 0 Å². The first-order chi connectivity index (χ1) is 8.95. The van der Waals surface area contributed by atoms with Crippen molar-refractivity contribution in [3.05, 3.63) is 23.9 Å². The van der Waals surface area contributed by atoms with Gasteiger partial charge in [0.25, 0.3) is 0 Å². The molecule has 3 heteroatoms. The van der Waals surface area contributed by atoms with Gasteiger partial charge in [0, 0.05) is 37.1 Å². The molecule has 0 unspecified atom stereocenters. The summed E-state index contributed by atoms with van der Waals surface area (Å²) in [6.45, 7) is 3.29. The van der Waals surface area contributed by atoms with Crippen LogP contribution in [0, 0.1) is 0 Å². The Balaban J connectivity index is 1.90. The number of nitrogens with zero attached hydrogens (tertiary/aromatic N) is 3. The van der Waals surface area contributed by atoms with Gasteiger partial charge in [-0.25, -0.2) is 4.98 Å². The van der Waals surface area contributed by atoms with E-state index in [9.17, 15) is 0 Å². The number of anilines is 1. The van der Waals surface area contributed by atoms with Crippen LogP contribution in [0.5, 0.6) is 0 Å². The van der Waals surface area contributed by atoms with Crippen molar-refractivity contribution >= 4 is 11.5 Å². The summed E-state index contributed by atoms with van der Waals surface area (Å²) in [5, 5.41) is 0. The molecule has 3 nitrogen and oxygen atoms in total. The molecule has 1 saturated heterocycles. The van der Waals surface area contributed by atoms with Crippen LogP contribution in [-0.4, -0.2) is 30.3 Å². The molecule has 1 aromatic heterocycles. The lowest BCUT2D eigenvalue weighted by molar-refractivity contribution is 0.726. The van der Waals surface area contributed by atoms with Crippen LogP contribution in [0.1, 0.15) is 44.1 Å². The maximum Gasteiger partial charge on any atom is 0.137 e. The van der Waals surface area contributed by atoms with E-state index >= 15 is 0 Å². The molecule has 0 amide bonds. The Hall–Kier alpha value is -1.38. The molecule has 1 aromatic rings. The SMILES string of the molecule is c1cnc(N2CCCCCC2)c(C2=NCCC2)c1. The summed E-state index contributed by atoms with van der Waals surface area (Å²) in [5.74, 6) is 1.17. The highest BCUT2D eigenvalue weighted by atomic mass is 15.2. The second kappa shape index (κ2) is 5.51. The Kier molecular flexibility index (Phi) is 3.58. The van der Waals surface area contributed by atoms with E-state index in [0.29, 0.717) is 0 Å². The van der Waals surface area contributed by atoms with E-state index in [1.807, 2.05) is 12.3 Å². The van der Waals surface area contributed by atoms with E-state index in [0.717, 1.165) is 26.1 Å². The van der Waals surface area contributed by atoms with E-state index < -0.39 is 0 Å². The average Bonchev–Trinajstić information content (AvgIpc) is 2.81. The summed E-state index contributed by atoms with van der Waals surface area (Å²) in [7, 11) is 0. The minimum Gasteiger partial charge on any atom is -0.356 e. The summed E-state index contributed by atoms with van der Waals surface area (Å²) < 4.78 is 0. The molecular formula is C15H21N3. The van der Waals surface area contributed by atoms with Gasteiger partial charge >= 0.3 is 0 Å². The predicted octanol–water partition coefficient (Wildman–Crippen LogP) is 3.04. The average molecular weight is 243 g/mol. The lowest BCUT2D eigenvalue weighted by atomic mass is 10.1. The van der Waals surface area contributed by atoms with Crippen LogP contribution >= 0.6 is 0 Å². The van der Waals surface area contributed by atoms with Gasteiger partial charge in [0.15, 0.2) is 0 Å². The van der Waals surface area contributed by atoms with Gasteiger partial charge in [-0.05, 0) is 37.8 Å². The highest BCUT2D eigenvalue weighted by Gasteiger charge is 2.18. The van der Waals surface area contributed by atoms with Crippen molar-refractivity contribution in [1.82, 2.24) is 4.98 Å². The smallest absolute Gasteiger partial charge is 0.137 e.